The van der Waals surface area contributed by atoms with E-state index in [2.05, 4.69) is 4.85 Å². The first-order valence-electron chi connectivity index (χ1n) is 2.88. The number of hydrogen-bond donors (Lipinski definition) is 0. The summed E-state index contributed by atoms with van der Waals surface area (Å²) < 4.78 is 0. The zero-order valence-electron chi connectivity index (χ0n) is 6.31. The molecular weight excluding hydrogens is 216 g/mol. The molecule has 0 fully saturated rings. The maximum absolute atomic E-state index is 6.72. The Bertz CT molecular complexity index is 291. The van der Waals surface area contributed by atoms with Crippen molar-refractivity contribution in [3.8, 4) is 0 Å². The van der Waals surface area contributed by atoms with Crippen molar-refractivity contribution in [2.45, 2.75) is 6.92 Å². The fraction of sp³-hybridized carbons (Fsp3) is 0.125. The molecule has 0 amide bonds. The largest absolute Gasteiger partial charge is 1.00 e. The van der Waals surface area contributed by atoms with E-state index >= 15 is 0 Å². The molecule has 0 aromatic heterocycles. The van der Waals surface area contributed by atoms with Crippen LogP contribution in [0.4, 0.5) is 5.69 Å². The van der Waals surface area contributed by atoms with E-state index in [9.17, 15) is 0 Å². The molecule has 66 valence electrons. The third-order valence-corrected chi connectivity index (χ3v) is 1.78. The van der Waals surface area contributed by atoms with Crippen molar-refractivity contribution in [3.63, 3.8) is 0 Å². The van der Waals surface area contributed by atoms with Crippen molar-refractivity contribution in [1.29, 1.82) is 0 Å². The van der Waals surface area contributed by atoms with Crippen molar-refractivity contribution in [2.24, 2.45) is 0 Å². The number of rotatable bonds is 0. The highest BCUT2D eigenvalue weighted by Gasteiger charge is 1.99. The fourth-order valence-corrected chi connectivity index (χ4v) is 0.887. The molecule has 1 aromatic rings. The van der Waals surface area contributed by atoms with Gasteiger partial charge in [-0.3, -0.25) is 0 Å². The molecular formula is C8H6Cl3N-2. The van der Waals surface area contributed by atoms with Gasteiger partial charge >= 0.3 is 0 Å². The number of benzene rings is 1. The third-order valence-electron chi connectivity index (χ3n) is 1.29. The van der Waals surface area contributed by atoms with Crippen LogP contribution < -0.4 is 24.8 Å². The Hall–Kier alpha value is -0.420. The number of hydrogen-bond acceptors (Lipinski definition) is 0. The Morgan fingerprint density at radius 3 is 2.33 bits per heavy atom. The molecule has 0 aliphatic carbocycles. The molecule has 0 N–H and O–H groups in total. The smallest absolute Gasteiger partial charge is 0.205 e. The Kier molecular flexibility index (Phi) is 7.22. The van der Waals surface area contributed by atoms with Gasteiger partial charge in [0.15, 0.2) is 0 Å². The van der Waals surface area contributed by atoms with Crippen LogP contribution in [0.25, 0.3) is 4.85 Å². The van der Waals surface area contributed by atoms with Gasteiger partial charge in [0.05, 0.1) is 6.57 Å². The summed E-state index contributed by atoms with van der Waals surface area (Å²) in [5, 5.41) is 0.567. The maximum Gasteiger partial charge on any atom is 0.205 e. The topological polar surface area (TPSA) is 4.36 Å². The van der Waals surface area contributed by atoms with E-state index in [1.807, 2.05) is 19.1 Å². The minimum absolute atomic E-state index is 0. The van der Waals surface area contributed by atoms with Gasteiger partial charge in [0.25, 0.3) is 0 Å². The molecule has 0 radical (unpaired) electrons. The molecule has 1 rings (SSSR count). The molecule has 0 atom stereocenters. The predicted molar refractivity (Wildman–Crippen MR) is 42.5 cm³/mol. The van der Waals surface area contributed by atoms with E-state index in [0.29, 0.717) is 10.7 Å². The standard InChI is InChI=1S/C8H6ClN.2ClH/c1-6-4-3-5-7(10-2)8(6)9;;/h3-5H,1H3;2*1H/p-2. The van der Waals surface area contributed by atoms with E-state index in [4.69, 9.17) is 18.2 Å². The van der Waals surface area contributed by atoms with Gasteiger partial charge < -0.3 is 24.8 Å². The first-order chi connectivity index (χ1) is 4.75. The van der Waals surface area contributed by atoms with E-state index in [0.717, 1.165) is 5.56 Å². The summed E-state index contributed by atoms with van der Waals surface area (Å²) in [4.78, 5) is 3.25. The number of halogens is 3. The average molecular weight is 223 g/mol. The zero-order chi connectivity index (χ0) is 7.56. The van der Waals surface area contributed by atoms with Gasteiger partial charge in [-0.15, -0.1) is 0 Å². The lowest BCUT2D eigenvalue weighted by atomic mass is 10.2. The van der Waals surface area contributed by atoms with Gasteiger partial charge in [-0.05, 0) is 12.5 Å². The van der Waals surface area contributed by atoms with E-state index in [1.165, 1.54) is 0 Å². The summed E-state index contributed by atoms with van der Waals surface area (Å²) in [6.07, 6.45) is 0. The van der Waals surface area contributed by atoms with Crippen LogP contribution in [-0.4, -0.2) is 0 Å². The molecule has 1 aromatic carbocycles. The second-order valence-electron chi connectivity index (χ2n) is 2.02. The van der Waals surface area contributed by atoms with Crippen molar-refractivity contribution in [1.82, 2.24) is 0 Å². The lowest BCUT2D eigenvalue weighted by Gasteiger charge is -1.96. The molecule has 0 aliphatic heterocycles. The van der Waals surface area contributed by atoms with Crippen molar-refractivity contribution < 1.29 is 24.8 Å². The van der Waals surface area contributed by atoms with E-state index in [1.54, 1.807) is 6.07 Å². The van der Waals surface area contributed by atoms with Crippen LogP contribution in [0.1, 0.15) is 5.56 Å². The van der Waals surface area contributed by atoms with Gasteiger partial charge in [0.1, 0.15) is 0 Å². The van der Waals surface area contributed by atoms with E-state index in [-0.39, 0.29) is 24.8 Å². The first-order valence-corrected chi connectivity index (χ1v) is 3.26. The molecule has 0 unspecified atom stereocenters. The Balaban J connectivity index is 0. The quantitative estimate of drug-likeness (QED) is 0.418. The molecule has 0 saturated carbocycles. The molecule has 0 heterocycles. The van der Waals surface area contributed by atoms with Crippen LogP contribution in [0.15, 0.2) is 18.2 Å². The Labute approximate surface area is 89.4 Å². The minimum atomic E-state index is 0. The molecule has 0 spiro atoms. The molecule has 12 heavy (non-hydrogen) atoms. The average Bonchev–Trinajstić information content (AvgIpc) is 1.95. The normalized spacial score (nSPS) is 7.42. The summed E-state index contributed by atoms with van der Waals surface area (Å²) in [5.41, 5.74) is 1.48. The first kappa shape index (κ1) is 14.1. The SMILES string of the molecule is [C-]#[N+]c1cccc(C)c1Cl.[Cl-].[Cl-]. The van der Waals surface area contributed by atoms with Gasteiger partial charge in [-0.1, -0.05) is 29.8 Å². The van der Waals surface area contributed by atoms with Gasteiger partial charge in [-0.2, -0.15) is 0 Å². The second kappa shape index (κ2) is 6.14. The summed E-state index contributed by atoms with van der Waals surface area (Å²) in [5.74, 6) is 0. The molecule has 0 aliphatic rings. The van der Waals surface area contributed by atoms with Crippen molar-refractivity contribution in [2.75, 3.05) is 0 Å². The molecule has 0 bridgehead atoms. The van der Waals surface area contributed by atoms with Crippen molar-refractivity contribution >= 4 is 17.3 Å². The van der Waals surface area contributed by atoms with Crippen LogP contribution in [0.2, 0.25) is 5.02 Å². The Morgan fingerprint density at radius 2 is 1.92 bits per heavy atom. The van der Waals surface area contributed by atoms with Crippen LogP contribution in [0.3, 0.4) is 0 Å². The van der Waals surface area contributed by atoms with E-state index < -0.39 is 0 Å². The van der Waals surface area contributed by atoms with Crippen molar-refractivity contribution in [3.05, 3.63) is 40.2 Å². The van der Waals surface area contributed by atoms with Crippen LogP contribution in [0, 0.1) is 13.5 Å². The van der Waals surface area contributed by atoms with Crippen LogP contribution >= 0.6 is 11.6 Å². The molecule has 4 heteroatoms. The zero-order valence-corrected chi connectivity index (χ0v) is 8.58. The van der Waals surface area contributed by atoms with Crippen LogP contribution in [-0.2, 0) is 0 Å². The highest BCUT2D eigenvalue weighted by molar-refractivity contribution is 6.34. The second-order valence-corrected chi connectivity index (χ2v) is 2.40. The maximum atomic E-state index is 6.72. The van der Waals surface area contributed by atoms with Crippen LogP contribution in [0.5, 0.6) is 0 Å². The summed E-state index contributed by atoms with van der Waals surface area (Å²) in [7, 11) is 0. The summed E-state index contributed by atoms with van der Waals surface area (Å²) >= 11 is 5.78. The van der Waals surface area contributed by atoms with Gasteiger partial charge in [0, 0.05) is 5.02 Å². The fourth-order valence-electron chi connectivity index (χ4n) is 0.718. The van der Waals surface area contributed by atoms with Gasteiger partial charge in [-0.25, -0.2) is 4.85 Å². The van der Waals surface area contributed by atoms with Gasteiger partial charge in [0.2, 0.25) is 5.69 Å². The lowest BCUT2D eigenvalue weighted by molar-refractivity contribution is -0.001000. The monoisotopic (exact) mass is 221 g/mol. The molecule has 0 saturated heterocycles. The highest BCUT2D eigenvalue weighted by Crippen LogP contribution is 2.27. The lowest BCUT2D eigenvalue weighted by Crippen LogP contribution is -3.00. The number of aryl methyl sites for hydroxylation is 1. The predicted octanol–water partition coefficient (Wildman–Crippen LogP) is -2.79. The summed E-state index contributed by atoms with van der Waals surface area (Å²) in [6, 6.07) is 5.42. The summed E-state index contributed by atoms with van der Waals surface area (Å²) in [6.45, 7) is 8.61. The highest BCUT2D eigenvalue weighted by atomic mass is 35.5. The number of nitrogens with zero attached hydrogens (tertiary/aromatic N) is 1. The minimum Gasteiger partial charge on any atom is -1.00 e. The molecule has 1 nitrogen and oxygen atoms in total. The third kappa shape index (κ3) is 2.91. The Morgan fingerprint density at radius 1 is 1.33 bits per heavy atom.